The molecule has 1 fully saturated rings. The first-order valence-corrected chi connectivity index (χ1v) is 10.0. The van der Waals surface area contributed by atoms with Crippen molar-refractivity contribution >= 4 is 11.8 Å². The molecule has 7 nitrogen and oxygen atoms in total. The van der Waals surface area contributed by atoms with Crippen LogP contribution >= 0.6 is 0 Å². The monoisotopic (exact) mass is 438 g/mol. The van der Waals surface area contributed by atoms with Crippen LogP contribution in [0.2, 0.25) is 0 Å². The third-order valence-corrected chi connectivity index (χ3v) is 5.36. The second-order valence-electron chi connectivity index (χ2n) is 7.49. The van der Waals surface area contributed by atoms with E-state index in [9.17, 15) is 23.2 Å². The number of aromatic nitrogens is 2. The summed E-state index contributed by atoms with van der Waals surface area (Å²) >= 11 is 0. The maximum atomic E-state index is 13.8. The van der Waals surface area contributed by atoms with Gasteiger partial charge in [0.2, 0.25) is 0 Å². The minimum atomic E-state index is -0.450. The molecule has 0 bridgehead atoms. The number of piperazine rings is 1. The van der Waals surface area contributed by atoms with Crippen molar-refractivity contribution in [3.8, 4) is 5.69 Å². The van der Waals surface area contributed by atoms with Gasteiger partial charge in [0.05, 0.1) is 5.69 Å². The van der Waals surface area contributed by atoms with E-state index >= 15 is 0 Å². The Bertz CT molecular complexity index is 1230. The fourth-order valence-corrected chi connectivity index (χ4v) is 3.48. The first-order valence-electron chi connectivity index (χ1n) is 10.0. The zero-order valence-electron chi connectivity index (χ0n) is 17.3. The molecule has 32 heavy (non-hydrogen) atoms. The summed E-state index contributed by atoms with van der Waals surface area (Å²) in [5, 5.41) is 4.14. The van der Waals surface area contributed by atoms with Crippen LogP contribution in [0.25, 0.3) is 5.69 Å². The summed E-state index contributed by atoms with van der Waals surface area (Å²) in [5.74, 6) is -1.56. The van der Waals surface area contributed by atoms with Crippen LogP contribution in [0.3, 0.4) is 0 Å². The number of carbonyl (C=O) groups excluding carboxylic acids is 2. The molecule has 0 unspecified atom stereocenters. The summed E-state index contributed by atoms with van der Waals surface area (Å²) in [5.41, 5.74) is 0.683. The molecule has 2 amide bonds. The van der Waals surface area contributed by atoms with Crippen molar-refractivity contribution in [3.05, 3.63) is 93.4 Å². The SMILES string of the molecule is Cc1ccc(C(=O)N2CCN(C(=O)c3ccc(=O)n(-c4ccc(F)cc4)n3)CC2)cc1F. The van der Waals surface area contributed by atoms with Crippen LogP contribution in [0.4, 0.5) is 8.78 Å². The van der Waals surface area contributed by atoms with Crippen LogP contribution in [-0.2, 0) is 0 Å². The van der Waals surface area contributed by atoms with Crippen molar-refractivity contribution < 1.29 is 18.4 Å². The molecule has 1 aliphatic rings. The predicted molar refractivity (Wildman–Crippen MR) is 113 cm³/mol. The molecule has 0 atom stereocenters. The Morgan fingerprint density at radius 2 is 1.47 bits per heavy atom. The van der Waals surface area contributed by atoms with Gasteiger partial charge in [-0.2, -0.15) is 9.78 Å². The molecule has 2 aromatic carbocycles. The van der Waals surface area contributed by atoms with Gasteiger partial charge in [0.1, 0.15) is 17.3 Å². The summed E-state index contributed by atoms with van der Waals surface area (Å²) < 4.78 is 28.0. The van der Waals surface area contributed by atoms with Gasteiger partial charge in [-0.25, -0.2) is 8.78 Å². The molecule has 0 radical (unpaired) electrons. The molecule has 0 N–H and O–H groups in total. The Morgan fingerprint density at radius 1 is 0.844 bits per heavy atom. The molecule has 164 valence electrons. The number of halogens is 2. The van der Waals surface area contributed by atoms with Crippen LogP contribution in [0, 0.1) is 18.6 Å². The van der Waals surface area contributed by atoms with E-state index in [2.05, 4.69) is 5.10 Å². The predicted octanol–water partition coefficient (Wildman–Crippen LogP) is 2.42. The Morgan fingerprint density at radius 3 is 2.09 bits per heavy atom. The highest BCUT2D eigenvalue weighted by molar-refractivity contribution is 5.95. The van der Waals surface area contributed by atoms with Crippen LogP contribution in [0.15, 0.2) is 59.4 Å². The highest BCUT2D eigenvalue weighted by Gasteiger charge is 2.27. The molecule has 0 spiro atoms. The number of nitrogens with zero attached hydrogens (tertiary/aromatic N) is 4. The van der Waals surface area contributed by atoms with E-state index in [-0.39, 0.29) is 49.3 Å². The van der Waals surface area contributed by atoms with Gasteiger partial charge in [-0.05, 0) is 55.0 Å². The average Bonchev–Trinajstić information content (AvgIpc) is 2.81. The quantitative estimate of drug-likeness (QED) is 0.630. The van der Waals surface area contributed by atoms with Crippen molar-refractivity contribution in [3.63, 3.8) is 0 Å². The maximum absolute atomic E-state index is 13.8. The summed E-state index contributed by atoms with van der Waals surface area (Å²) in [6, 6.07) is 12.1. The third-order valence-electron chi connectivity index (χ3n) is 5.36. The fraction of sp³-hybridized carbons (Fsp3) is 0.217. The minimum Gasteiger partial charge on any atom is -0.335 e. The molecule has 1 saturated heterocycles. The lowest BCUT2D eigenvalue weighted by atomic mass is 10.1. The van der Waals surface area contributed by atoms with Crippen molar-refractivity contribution in [1.29, 1.82) is 0 Å². The molecule has 9 heteroatoms. The number of rotatable bonds is 3. The van der Waals surface area contributed by atoms with E-state index in [0.717, 1.165) is 4.68 Å². The normalized spacial score (nSPS) is 13.8. The van der Waals surface area contributed by atoms with Crippen LogP contribution in [0.5, 0.6) is 0 Å². The highest BCUT2D eigenvalue weighted by atomic mass is 19.1. The van der Waals surface area contributed by atoms with Crippen LogP contribution in [-0.4, -0.2) is 57.6 Å². The number of benzene rings is 2. The third kappa shape index (κ3) is 4.27. The Kier molecular flexibility index (Phi) is 5.81. The van der Waals surface area contributed by atoms with E-state index in [1.165, 1.54) is 42.5 Å². The lowest BCUT2D eigenvalue weighted by molar-refractivity contribution is 0.0531. The molecule has 0 saturated carbocycles. The molecule has 0 aliphatic carbocycles. The minimum absolute atomic E-state index is 0.0642. The lowest BCUT2D eigenvalue weighted by Gasteiger charge is -2.34. The van der Waals surface area contributed by atoms with E-state index in [4.69, 9.17) is 0 Å². The zero-order chi connectivity index (χ0) is 22.8. The van der Waals surface area contributed by atoms with Crippen LogP contribution in [0.1, 0.15) is 26.4 Å². The summed E-state index contributed by atoms with van der Waals surface area (Å²) in [7, 11) is 0. The first-order chi connectivity index (χ1) is 15.3. The Hall–Kier alpha value is -3.88. The van der Waals surface area contributed by atoms with Gasteiger partial charge < -0.3 is 9.80 Å². The first kappa shape index (κ1) is 21.4. The smallest absolute Gasteiger partial charge is 0.274 e. The Labute approximate surface area is 182 Å². The fourth-order valence-electron chi connectivity index (χ4n) is 3.48. The molecule has 3 aromatic rings. The van der Waals surface area contributed by atoms with Gasteiger partial charge in [-0.15, -0.1) is 0 Å². The van der Waals surface area contributed by atoms with Gasteiger partial charge in [0.15, 0.2) is 0 Å². The summed E-state index contributed by atoms with van der Waals surface area (Å²) in [4.78, 5) is 40.8. The average molecular weight is 438 g/mol. The molecule has 2 heterocycles. The van der Waals surface area contributed by atoms with Gasteiger partial charge in [0.25, 0.3) is 17.4 Å². The van der Waals surface area contributed by atoms with Crippen molar-refractivity contribution in [1.82, 2.24) is 19.6 Å². The van der Waals surface area contributed by atoms with Crippen molar-refractivity contribution in [2.45, 2.75) is 6.92 Å². The van der Waals surface area contributed by atoms with Crippen LogP contribution < -0.4 is 5.56 Å². The molecule has 1 aromatic heterocycles. The molecular weight excluding hydrogens is 418 g/mol. The largest absolute Gasteiger partial charge is 0.335 e. The number of amides is 2. The maximum Gasteiger partial charge on any atom is 0.274 e. The molecular formula is C23H20F2N4O3. The van der Waals surface area contributed by atoms with E-state index in [1.807, 2.05) is 0 Å². The topological polar surface area (TPSA) is 75.5 Å². The Balaban J connectivity index is 1.46. The van der Waals surface area contributed by atoms with E-state index < -0.39 is 17.2 Å². The summed E-state index contributed by atoms with van der Waals surface area (Å²) in [6.45, 7) is 2.75. The number of hydrogen-bond donors (Lipinski definition) is 0. The number of hydrogen-bond acceptors (Lipinski definition) is 4. The summed E-state index contributed by atoms with van der Waals surface area (Å²) in [6.07, 6.45) is 0. The molecule has 1 aliphatic heterocycles. The van der Waals surface area contributed by atoms with E-state index in [1.54, 1.807) is 28.9 Å². The molecule has 4 rings (SSSR count). The van der Waals surface area contributed by atoms with Crippen molar-refractivity contribution in [2.75, 3.05) is 26.2 Å². The number of aryl methyl sites for hydroxylation is 1. The van der Waals surface area contributed by atoms with E-state index in [0.29, 0.717) is 11.3 Å². The van der Waals surface area contributed by atoms with Gasteiger partial charge >= 0.3 is 0 Å². The van der Waals surface area contributed by atoms with Gasteiger partial charge in [0, 0.05) is 37.8 Å². The number of carbonyl (C=O) groups is 2. The van der Waals surface area contributed by atoms with Crippen molar-refractivity contribution in [2.24, 2.45) is 0 Å². The second-order valence-corrected chi connectivity index (χ2v) is 7.49. The highest BCUT2D eigenvalue weighted by Crippen LogP contribution is 2.14. The lowest BCUT2D eigenvalue weighted by Crippen LogP contribution is -2.51. The second kappa shape index (κ2) is 8.70. The zero-order valence-corrected chi connectivity index (χ0v) is 17.3. The van der Waals surface area contributed by atoms with Gasteiger partial charge in [-0.1, -0.05) is 6.07 Å². The van der Waals surface area contributed by atoms with Gasteiger partial charge in [-0.3, -0.25) is 14.4 Å². The standard InChI is InChI=1S/C23H20F2N4O3/c1-15-2-3-16(14-19(15)25)22(31)27-10-12-28(13-11-27)23(32)20-8-9-21(30)29(26-20)18-6-4-17(24)5-7-18/h2-9,14H,10-13H2,1H3.